The number of nitrogens with zero attached hydrogens (tertiary/aromatic N) is 1. The summed E-state index contributed by atoms with van der Waals surface area (Å²) in [6.45, 7) is 4.03. The van der Waals surface area contributed by atoms with Crippen molar-refractivity contribution in [1.29, 1.82) is 0 Å². The van der Waals surface area contributed by atoms with Crippen LogP contribution in [0, 0.1) is 5.82 Å². The Morgan fingerprint density at radius 1 is 1.04 bits per heavy atom. The minimum Gasteiger partial charge on any atom is -0.333 e. The number of hydrogen-bond acceptors (Lipinski definition) is 3. The van der Waals surface area contributed by atoms with Crippen LogP contribution in [0.15, 0.2) is 53.4 Å². The number of benzene rings is 2. The van der Waals surface area contributed by atoms with Gasteiger partial charge in [0.2, 0.25) is 0 Å². The molecule has 1 heterocycles. The number of hydrogen-bond donors (Lipinski definition) is 1. The SMILES string of the molecule is C[C@H]1CCC[C@H](C)N1C(=O)c1ccccc1NS(=O)(=O)c1ccc(F)cc1. The normalized spacial score (nSPS) is 20.3. The number of carbonyl (C=O) groups excluding carboxylic acids is 1. The van der Waals surface area contributed by atoms with Gasteiger partial charge in [0.25, 0.3) is 15.9 Å². The van der Waals surface area contributed by atoms with Gasteiger partial charge in [0.15, 0.2) is 0 Å². The lowest BCUT2D eigenvalue weighted by atomic mass is 9.96. The molecule has 2 atom stereocenters. The van der Waals surface area contributed by atoms with Crippen molar-refractivity contribution in [1.82, 2.24) is 4.90 Å². The number of likely N-dealkylation sites (tertiary alicyclic amines) is 1. The van der Waals surface area contributed by atoms with Crippen molar-refractivity contribution in [3.05, 3.63) is 59.9 Å². The fourth-order valence-corrected chi connectivity index (χ4v) is 4.62. The first-order valence-electron chi connectivity index (χ1n) is 8.99. The van der Waals surface area contributed by atoms with Crippen LogP contribution in [0.4, 0.5) is 10.1 Å². The Morgan fingerprint density at radius 3 is 2.26 bits per heavy atom. The smallest absolute Gasteiger partial charge is 0.261 e. The maximum absolute atomic E-state index is 13.1. The summed E-state index contributed by atoms with van der Waals surface area (Å²) in [6, 6.07) is 11.3. The number of halogens is 1. The molecule has 0 spiro atoms. The molecule has 5 nitrogen and oxygen atoms in total. The van der Waals surface area contributed by atoms with Crippen molar-refractivity contribution in [2.45, 2.75) is 50.1 Å². The predicted molar refractivity (Wildman–Crippen MR) is 103 cm³/mol. The fourth-order valence-electron chi connectivity index (χ4n) is 3.54. The Kier molecular flexibility index (Phi) is 5.51. The first-order chi connectivity index (χ1) is 12.8. The number of amides is 1. The summed E-state index contributed by atoms with van der Waals surface area (Å²) < 4.78 is 40.8. The quantitative estimate of drug-likeness (QED) is 0.857. The van der Waals surface area contributed by atoms with E-state index in [1.807, 2.05) is 18.7 Å². The van der Waals surface area contributed by atoms with Crippen molar-refractivity contribution in [3.8, 4) is 0 Å². The van der Waals surface area contributed by atoms with Gasteiger partial charge in [-0.2, -0.15) is 0 Å². The van der Waals surface area contributed by atoms with Gasteiger partial charge >= 0.3 is 0 Å². The molecule has 3 rings (SSSR count). The molecule has 1 aliphatic rings. The molecule has 144 valence electrons. The third-order valence-electron chi connectivity index (χ3n) is 4.95. The maximum atomic E-state index is 13.1. The van der Waals surface area contributed by atoms with Crippen LogP contribution in [0.2, 0.25) is 0 Å². The minimum atomic E-state index is -3.93. The number of carbonyl (C=O) groups is 1. The van der Waals surface area contributed by atoms with Crippen molar-refractivity contribution < 1.29 is 17.6 Å². The number of rotatable bonds is 4. The van der Waals surface area contributed by atoms with Gasteiger partial charge in [-0.15, -0.1) is 0 Å². The molecule has 0 radical (unpaired) electrons. The zero-order valence-corrected chi connectivity index (χ0v) is 16.2. The van der Waals surface area contributed by atoms with E-state index in [2.05, 4.69) is 4.72 Å². The van der Waals surface area contributed by atoms with Gasteiger partial charge < -0.3 is 4.90 Å². The van der Waals surface area contributed by atoms with E-state index < -0.39 is 15.8 Å². The second kappa shape index (κ2) is 7.68. The molecule has 2 aromatic carbocycles. The zero-order chi connectivity index (χ0) is 19.6. The second-order valence-corrected chi connectivity index (χ2v) is 8.63. The van der Waals surface area contributed by atoms with Crippen molar-refractivity contribution >= 4 is 21.6 Å². The summed E-state index contributed by atoms with van der Waals surface area (Å²) in [5.74, 6) is -0.704. The van der Waals surface area contributed by atoms with Crippen LogP contribution in [0.25, 0.3) is 0 Å². The Bertz CT molecular complexity index is 918. The standard InChI is InChI=1S/C20H23FN2O3S/c1-14-6-5-7-15(2)23(14)20(24)18-8-3-4-9-19(18)22-27(25,26)17-12-10-16(21)11-13-17/h3-4,8-15,22H,5-7H2,1-2H3/t14-,15-/m0/s1. The van der Waals surface area contributed by atoms with Crippen LogP contribution in [0.3, 0.4) is 0 Å². The molecule has 2 aromatic rings. The first kappa shape index (κ1) is 19.4. The van der Waals surface area contributed by atoms with Crippen molar-refractivity contribution in [3.63, 3.8) is 0 Å². The molecule has 1 saturated heterocycles. The summed E-state index contributed by atoms with van der Waals surface area (Å²) in [7, 11) is -3.93. The van der Waals surface area contributed by atoms with Gasteiger partial charge in [-0.05, 0) is 69.5 Å². The highest BCUT2D eigenvalue weighted by molar-refractivity contribution is 7.92. The van der Waals surface area contributed by atoms with E-state index in [1.54, 1.807) is 24.3 Å². The molecular formula is C20H23FN2O3S. The van der Waals surface area contributed by atoms with Crippen LogP contribution in [-0.4, -0.2) is 31.3 Å². The minimum absolute atomic E-state index is 0.0640. The lowest BCUT2D eigenvalue weighted by molar-refractivity contribution is 0.0512. The molecule has 0 saturated carbocycles. The Hall–Kier alpha value is -2.41. The summed E-state index contributed by atoms with van der Waals surface area (Å²) in [5, 5.41) is 0. The van der Waals surface area contributed by atoms with Crippen LogP contribution in [0.5, 0.6) is 0 Å². The van der Waals surface area contributed by atoms with Gasteiger partial charge in [0, 0.05) is 12.1 Å². The number of sulfonamides is 1. The first-order valence-corrected chi connectivity index (χ1v) is 10.5. The van der Waals surface area contributed by atoms with Crippen LogP contribution >= 0.6 is 0 Å². The Balaban J connectivity index is 1.92. The third kappa shape index (κ3) is 4.13. The number of nitrogens with one attached hydrogen (secondary N) is 1. The van der Waals surface area contributed by atoms with Gasteiger partial charge in [0.1, 0.15) is 5.82 Å². The van der Waals surface area contributed by atoms with E-state index in [9.17, 15) is 17.6 Å². The highest BCUT2D eigenvalue weighted by Gasteiger charge is 2.31. The van der Waals surface area contributed by atoms with Crippen LogP contribution in [0.1, 0.15) is 43.5 Å². The maximum Gasteiger partial charge on any atom is 0.261 e. The lowest BCUT2D eigenvalue weighted by Crippen LogP contribution is -2.47. The third-order valence-corrected chi connectivity index (χ3v) is 6.34. The predicted octanol–water partition coefficient (Wildman–Crippen LogP) is 4.03. The molecule has 7 heteroatoms. The van der Waals surface area contributed by atoms with E-state index in [-0.39, 0.29) is 28.6 Å². The zero-order valence-electron chi connectivity index (χ0n) is 15.4. The lowest BCUT2D eigenvalue weighted by Gasteiger charge is -2.39. The highest BCUT2D eigenvalue weighted by Crippen LogP contribution is 2.28. The van der Waals surface area contributed by atoms with E-state index in [0.717, 1.165) is 31.4 Å². The van der Waals surface area contributed by atoms with E-state index >= 15 is 0 Å². The Morgan fingerprint density at radius 2 is 1.63 bits per heavy atom. The summed E-state index contributed by atoms with van der Waals surface area (Å²) in [6.07, 6.45) is 2.93. The molecule has 1 N–H and O–H groups in total. The number of para-hydroxylation sites is 1. The molecule has 1 amide bonds. The van der Waals surface area contributed by atoms with E-state index in [0.29, 0.717) is 5.56 Å². The fraction of sp³-hybridized carbons (Fsp3) is 0.350. The topological polar surface area (TPSA) is 66.5 Å². The second-order valence-electron chi connectivity index (χ2n) is 6.95. The summed E-state index contributed by atoms with van der Waals surface area (Å²) in [5.41, 5.74) is 0.528. The highest BCUT2D eigenvalue weighted by atomic mass is 32.2. The molecule has 1 fully saturated rings. The molecule has 27 heavy (non-hydrogen) atoms. The van der Waals surface area contributed by atoms with Gasteiger partial charge in [-0.25, -0.2) is 12.8 Å². The molecule has 1 aliphatic heterocycles. The van der Waals surface area contributed by atoms with Crippen molar-refractivity contribution in [2.75, 3.05) is 4.72 Å². The number of anilines is 1. The molecule has 0 aliphatic carbocycles. The van der Waals surface area contributed by atoms with Crippen LogP contribution < -0.4 is 4.72 Å². The molecule has 0 aromatic heterocycles. The largest absolute Gasteiger partial charge is 0.333 e. The Labute approximate surface area is 159 Å². The van der Waals surface area contributed by atoms with Crippen LogP contribution in [-0.2, 0) is 10.0 Å². The van der Waals surface area contributed by atoms with E-state index in [1.165, 1.54) is 12.1 Å². The average Bonchev–Trinajstić information content (AvgIpc) is 2.62. The summed E-state index contributed by atoms with van der Waals surface area (Å²) in [4.78, 5) is 14.9. The average molecular weight is 390 g/mol. The van der Waals surface area contributed by atoms with Crippen molar-refractivity contribution in [2.24, 2.45) is 0 Å². The van der Waals surface area contributed by atoms with Gasteiger partial charge in [-0.1, -0.05) is 12.1 Å². The molecule has 0 unspecified atom stereocenters. The van der Waals surface area contributed by atoms with Gasteiger partial charge in [0.05, 0.1) is 16.1 Å². The summed E-state index contributed by atoms with van der Waals surface area (Å²) >= 11 is 0. The monoisotopic (exact) mass is 390 g/mol. The van der Waals surface area contributed by atoms with E-state index in [4.69, 9.17) is 0 Å². The van der Waals surface area contributed by atoms with Gasteiger partial charge in [-0.3, -0.25) is 9.52 Å². The molecular weight excluding hydrogens is 367 g/mol. The molecule has 0 bridgehead atoms. The number of piperidine rings is 1.